The van der Waals surface area contributed by atoms with E-state index in [9.17, 15) is 4.79 Å². The number of nitrogens with zero attached hydrogens (tertiary/aromatic N) is 3. The van der Waals surface area contributed by atoms with E-state index in [0.717, 1.165) is 36.2 Å². The van der Waals surface area contributed by atoms with Gasteiger partial charge in [-0.25, -0.2) is 9.97 Å². The summed E-state index contributed by atoms with van der Waals surface area (Å²) in [5, 5.41) is 3.87. The molecule has 1 fully saturated rings. The molecule has 3 rings (SSSR count). The minimum Gasteiger partial charge on any atom is -0.356 e. The van der Waals surface area contributed by atoms with E-state index < -0.39 is 0 Å². The Morgan fingerprint density at radius 2 is 2.00 bits per heavy atom. The summed E-state index contributed by atoms with van der Waals surface area (Å²) in [6.07, 6.45) is 3.25. The first-order chi connectivity index (χ1) is 10.3. The summed E-state index contributed by atoms with van der Waals surface area (Å²) >= 11 is 0. The molecule has 1 N–H and O–H groups in total. The van der Waals surface area contributed by atoms with Crippen LogP contribution in [-0.4, -0.2) is 35.5 Å². The van der Waals surface area contributed by atoms with Crippen molar-refractivity contribution in [2.45, 2.75) is 26.2 Å². The van der Waals surface area contributed by atoms with Crippen molar-refractivity contribution >= 4 is 22.6 Å². The second-order valence-corrected chi connectivity index (χ2v) is 5.34. The van der Waals surface area contributed by atoms with Crippen LogP contribution in [0.1, 0.15) is 36.8 Å². The molecule has 5 heteroatoms. The van der Waals surface area contributed by atoms with Gasteiger partial charge in [-0.05, 0) is 31.4 Å². The molecule has 110 valence electrons. The Bertz CT molecular complexity index is 650. The predicted octanol–water partition coefficient (Wildman–Crippen LogP) is 2.37. The molecule has 1 aromatic heterocycles. The number of carbonyl (C=O) groups is 1. The number of carbonyl (C=O) groups excluding carboxylic acids is 1. The molecule has 1 aliphatic heterocycles. The maximum absolute atomic E-state index is 12.2. The first kappa shape index (κ1) is 13.8. The molecule has 1 aromatic carbocycles. The number of aromatic nitrogens is 2. The van der Waals surface area contributed by atoms with Gasteiger partial charge in [0, 0.05) is 25.0 Å². The van der Waals surface area contributed by atoms with Gasteiger partial charge in [0.2, 0.25) is 5.82 Å². The van der Waals surface area contributed by atoms with Gasteiger partial charge in [-0.15, -0.1) is 0 Å². The van der Waals surface area contributed by atoms with Crippen LogP contribution in [0.2, 0.25) is 0 Å². The van der Waals surface area contributed by atoms with E-state index in [1.807, 2.05) is 31.2 Å². The standard InChI is InChI=1S/C16H20N4O/c1-2-9-17-16(21)14-18-13-8-4-3-7-12(13)15(19-14)20-10-5-6-11-20/h3-4,7-8H,2,5-6,9-11H2,1H3,(H,17,21). The molecular formula is C16H20N4O. The third-order valence-corrected chi connectivity index (χ3v) is 3.73. The Morgan fingerprint density at radius 1 is 1.24 bits per heavy atom. The molecule has 0 saturated carbocycles. The first-order valence-corrected chi connectivity index (χ1v) is 7.59. The summed E-state index contributed by atoms with van der Waals surface area (Å²) in [5.41, 5.74) is 0.830. The maximum atomic E-state index is 12.2. The molecule has 0 spiro atoms. The summed E-state index contributed by atoms with van der Waals surface area (Å²) in [4.78, 5) is 23.4. The Labute approximate surface area is 124 Å². The number of rotatable bonds is 4. The fourth-order valence-corrected chi connectivity index (χ4v) is 2.65. The molecule has 1 aliphatic rings. The number of fused-ring (bicyclic) bond motifs is 1. The molecule has 1 amide bonds. The topological polar surface area (TPSA) is 58.1 Å². The summed E-state index contributed by atoms with van der Waals surface area (Å²) in [5.74, 6) is 0.965. The van der Waals surface area contributed by atoms with E-state index in [2.05, 4.69) is 20.2 Å². The van der Waals surface area contributed by atoms with Gasteiger partial charge < -0.3 is 10.2 Å². The van der Waals surface area contributed by atoms with Crippen LogP contribution in [0.25, 0.3) is 10.9 Å². The summed E-state index contributed by atoms with van der Waals surface area (Å²) < 4.78 is 0. The highest BCUT2D eigenvalue weighted by atomic mass is 16.2. The number of anilines is 1. The largest absolute Gasteiger partial charge is 0.356 e. The third-order valence-electron chi connectivity index (χ3n) is 3.73. The minimum absolute atomic E-state index is 0.192. The number of amides is 1. The number of hydrogen-bond acceptors (Lipinski definition) is 4. The van der Waals surface area contributed by atoms with Crippen LogP contribution in [0.4, 0.5) is 5.82 Å². The van der Waals surface area contributed by atoms with Gasteiger partial charge in [0.25, 0.3) is 5.91 Å². The summed E-state index contributed by atoms with van der Waals surface area (Å²) in [7, 11) is 0. The number of benzene rings is 1. The van der Waals surface area contributed by atoms with Crippen LogP contribution in [0.5, 0.6) is 0 Å². The highest BCUT2D eigenvalue weighted by molar-refractivity contribution is 5.96. The fraction of sp³-hybridized carbons (Fsp3) is 0.438. The van der Waals surface area contributed by atoms with E-state index in [4.69, 9.17) is 0 Å². The minimum atomic E-state index is -0.192. The van der Waals surface area contributed by atoms with E-state index in [0.29, 0.717) is 6.54 Å². The number of nitrogens with one attached hydrogen (secondary N) is 1. The molecule has 0 atom stereocenters. The van der Waals surface area contributed by atoms with Crippen molar-refractivity contribution in [2.24, 2.45) is 0 Å². The van der Waals surface area contributed by atoms with Crippen LogP contribution >= 0.6 is 0 Å². The average molecular weight is 284 g/mol. The van der Waals surface area contributed by atoms with E-state index in [1.54, 1.807) is 0 Å². The first-order valence-electron chi connectivity index (χ1n) is 7.59. The fourth-order valence-electron chi connectivity index (χ4n) is 2.65. The summed E-state index contributed by atoms with van der Waals surface area (Å²) in [6.45, 7) is 4.67. The number of hydrogen-bond donors (Lipinski definition) is 1. The van der Waals surface area contributed by atoms with Crippen molar-refractivity contribution in [3.63, 3.8) is 0 Å². The van der Waals surface area contributed by atoms with Crippen LogP contribution in [0.15, 0.2) is 24.3 Å². The van der Waals surface area contributed by atoms with Gasteiger partial charge in [-0.3, -0.25) is 4.79 Å². The molecular weight excluding hydrogens is 264 g/mol. The molecule has 5 nitrogen and oxygen atoms in total. The normalized spacial score (nSPS) is 14.6. The second kappa shape index (κ2) is 6.08. The average Bonchev–Trinajstić information content (AvgIpc) is 3.05. The SMILES string of the molecule is CCCNC(=O)c1nc(N2CCCC2)c2ccccc2n1. The zero-order valence-corrected chi connectivity index (χ0v) is 12.3. The second-order valence-electron chi connectivity index (χ2n) is 5.34. The molecule has 0 aliphatic carbocycles. The Kier molecular flexibility index (Phi) is 3.99. The maximum Gasteiger partial charge on any atom is 0.289 e. The van der Waals surface area contributed by atoms with E-state index in [-0.39, 0.29) is 11.7 Å². The smallest absolute Gasteiger partial charge is 0.289 e. The third kappa shape index (κ3) is 2.82. The van der Waals surface area contributed by atoms with Crippen molar-refractivity contribution in [2.75, 3.05) is 24.5 Å². The molecule has 2 aromatic rings. The lowest BCUT2D eigenvalue weighted by atomic mass is 10.2. The lowest BCUT2D eigenvalue weighted by Crippen LogP contribution is -2.28. The van der Waals surface area contributed by atoms with Gasteiger partial charge in [-0.2, -0.15) is 0 Å². The molecule has 2 heterocycles. The van der Waals surface area contributed by atoms with E-state index in [1.165, 1.54) is 12.8 Å². The van der Waals surface area contributed by atoms with Gasteiger partial charge in [-0.1, -0.05) is 19.1 Å². The lowest BCUT2D eigenvalue weighted by Gasteiger charge is -2.19. The van der Waals surface area contributed by atoms with Gasteiger partial charge in [0.15, 0.2) is 0 Å². The highest BCUT2D eigenvalue weighted by Gasteiger charge is 2.20. The van der Waals surface area contributed by atoms with Crippen molar-refractivity contribution in [1.82, 2.24) is 15.3 Å². The van der Waals surface area contributed by atoms with Gasteiger partial charge in [0.1, 0.15) is 5.82 Å². The van der Waals surface area contributed by atoms with Crippen LogP contribution in [0, 0.1) is 0 Å². The van der Waals surface area contributed by atoms with Crippen molar-refractivity contribution in [3.8, 4) is 0 Å². The molecule has 1 saturated heterocycles. The van der Waals surface area contributed by atoms with Crippen LogP contribution < -0.4 is 10.2 Å². The number of para-hydroxylation sites is 1. The Morgan fingerprint density at radius 3 is 2.76 bits per heavy atom. The Balaban J connectivity index is 2.04. The highest BCUT2D eigenvalue weighted by Crippen LogP contribution is 2.26. The van der Waals surface area contributed by atoms with Crippen molar-refractivity contribution in [1.29, 1.82) is 0 Å². The quantitative estimate of drug-likeness (QED) is 0.936. The van der Waals surface area contributed by atoms with Crippen LogP contribution in [0.3, 0.4) is 0 Å². The Hall–Kier alpha value is -2.17. The monoisotopic (exact) mass is 284 g/mol. The lowest BCUT2D eigenvalue weighted by molar-refractivity contribution is 0.0943. The van der Waals surface area contributed by atoms with Gasteiger partial charge in [0.05, 0.1) is 5.52 Å². The zero-order chi connectivity index (χ0) is 14.7. The van der Waals surface area contributed by atoms with Crippen molar-refractivity contribution in [3.05, 3.63) is 30.1 Å². The summed E-state index contributed by atoms with van der Waals surface area (Å²) in [6, 6.07) is 7.89. The van der Waals surface area contributed by atoms with Crippen LogP contribution in [-0.2, 0) is 0 Å². The predicted molar refractivity (Wildman–Crippen MR) is 83.6 cm³/mol. The molecule has 0 radical (unpaired) electrons. The van der Waals surface area contributed by atoms with E-state index >= 15 is 0 Å². The molecule has 21 heavy (non-hydrogen) atoms. The van der Waals surface area contributed by atoms with Gasteiger partial charge >= 0.3 is 0 Å². The molecule has 0 unspecified atom stereocenters. The molecule has 0 bridgehead atoms. The zero-order valence-electron chi connectivity index (χ0n) is 12.3. The van der Waals surface area contributed by atoms with Crippen molar-refractivity contribution < 1.29 is 4.79 Å².